The lowest BCUT2D eigenvalue weighted by Crippen LogP contribution is -2.34. The van der Waals surface area contributed by atoms with E-state index in [1.54, 1.807) is 49.6 Å². The third kappa shape index (κ3) is 5.98. The second kappa shape index (κ2) is 10.1. The molecule has 6 nitrogen and oxygen atoms in total. The molecule has 0 saturated carbocycles. The highest BCUT2D eigenvalue weighted by molar-refractivity contribution is 9.10. The lowest BCUT2D eigenvalue weighted by molar-refractivity contribution is 0.0974. The summed E-state index contributed by atoms with van der Waals surface area (Å²) >= 11 is 8.54. The molecule has 0 aliphatic carbocycles. The molecular weight excluding hydrogens is 420 g/mol. The first kappa shape index (κ1) is 20.2. The molecule has 1 amide bonds. The van der Waals surface area contributed by atoms with Crippen molar-refractivity contribution in [3.8, 4) is 11.5 Å². The van der Waals surface area contributed by atoms with E-state index < -0.39 is 0 Å². The van der Waals surface area contributed by atoms with Gasteiger partial charge < -0.3 is 19.5 Å². The highest BCUT2D eigenvalue weighted by Crippen LogP contribution is 2.23. The highest BCUT2D eigenvalue weighted by Gasteiger charge is 2.14. The van der Waals surface area contributed by atoms with E-state index >= 15 is 0 Å². The molecule has 0 atom stereocenters. The molecule has 2 N–H and O–H groups in total. The molecule has 0 aliphatic heterocycles. The molecule has 26 heavy (non-hydrogen) atoms. The maximum absolute atomic E-state index is 12.4. The quantitative estimate of drug-likeness (QED) is 0.508. The number of benzene rings is 2. The van der Waals surface area contributed by atoms with Gasteiger partial charge in [0, 0.05) is 17.3 Å². The summed E-state index contributed by atoms with van der Waals surface area (Å²) in [7, 11) is 3.13. The van der Waals surface area contributed by atoms with Crippen molar-refractivity contribution >= 4 is 44.9 Å². The number of amides is 1. The number of carbonyl (C=O) groups excluding carboxylic acids is 1. The van der Waals surface area contributed by atoms with Crippen LogP contribution in [0.1, 0.15) is 10.4 Å². The molecule has 0 fully saturated rings. The Kier molecular flexibility index (Phi) is 7.83. The fraction of sp³-hybridized carbons (Fsp3) is 0.222. The average Bonchev–Trinajstić information content (AvgIpc) is 2.63. The second-order valence-electron chi connectivity index (χ2n) is 5.12. The van der Waals surface area contributed by atoms with E-state index in [1.165, 1.54) is 7.11 Å². The van der Waals surface area contributed by atoms with Crippen LogP contribution >= 0.6 is 28.1 Å². The number of halogens is 1. The van der Waals surface area contributed by atoms with Crippen LogP contribution in [0.4, 0.5) is 5.69 Å². The van der Waals surface area contributed by atoms with Gasteiger partial charge in [-0.05, 0) is 54.7 Å². The van der Waals surface area contributed by atoms with Crippen LogP contribution in [0.15, 0.2) is 46.9 Å². The molecule has 0 heterocycles. The molecule has 2 rings (SSSR count). The van der Waals surface area contributed by atoms with E-state index in [2.05, 4.69) is 26.6 Å². The van der Waals surface area contributed by atoms with E-state index in [-0.39, 0.29) is 11.0 Å². The van der Waals surface area contributed by atoms with Gasteiger partial charge in [0.05, 0.1) is 19.3 Å². The molecule has 0 unspecified atom stereocenters. The zero-order chi connectivity index (χ0) is 18.9. The number of thiocarbonyl (C=S) groups is 1. The molecule has 138 valence electrons. The molecule has 8 heteroatoms. The van der Waals surface area contributed by atoms with Crippen molar-refractivity contribution in [2.75, 3.05) is 32.8 Å². The second-order valence-corrected chi connectivity index (χ2v) is 6.44. The maximum atomic E-state index is 12.4. The van der Waals surface area contributed by atoms with Crippen molar-refractivity contribution in [1.82, 2.24) is 5.32 Å². The smallest absolute Gasteiger partial charge is 0.261 e. The fourth-order valence-electron chi connectivity index (χ4n) is 2.07. The van der Waals surface area contributed by atoms with Crippen molar-refractivity contribution in [2.45, 2.75) is 0 Å². The number of anilines is 1. The number of nitrogens with one attached hydrogen (secondary N) is 2. The number of methoxy groups -OCH3 is 2. The van der Waals surface area contributed by atoms with Crippen molar-refractivity contribution in [3.63, 3.8) is 0 Å². The summed E-state index contributed by atoms with van der Waals surface area (Å²) in [6.07, 6.45) is 0. The molecule has 0 saturated heterocycles. The molecule has 0 radical (unpaired) electrons. The third-order valence-electron chi connectivity index (χ3n) is 3.30. The fourth-order valence-corrected chi connectivity index (χ4v) is 2.64. The zero-order valence-corrected chi connectivity index (χ0v) is 16.8. The van der Waals surface area contributed by atoms with Gasteiger partial charge in [-0.2, -0.15) is 0 Å². The Morgan fingerprint density at radius 1 is 1.12 bits per heavy atom. The average molecular weight is 439 g/mol. The monoisotopic (exact) mass is 438 g/mol. The van der Waals surface area contributed by atoms with Crippen LogP contribution in [0, 0.1) is 0 Å². The number of ether oxygens (including phenoxy) is 3. The van der Waals surface area contributed by atoms with Crippen LogP contribution in [0.25, 0.3) is 0 Å². The van der Waals surface area contributed by atoms with Crippen molar-refractivity contribution in [2.24, 2.45) is 0 Å². The molecule has 2 aromatic carbocycles. The van der Waals surface area contributed by atoms with E-state index in [4.69, 9.17) is 26.4 Å². The summed E-state index contributed by atoms with van der Waals surface area (Å²) in [5, 5.41) is 5.78. The van der Waals surface area contributed by atoms with Crippen molar-refractivity contribution < 1.29 is 19.0 Å². The Bertz CT molecular complexity index is 768. The van der Waals surface area contributed by atoms with E-state index in [0.29, 0.717) is 24.5 Å². The van der Waals surface area contributed by atoms with Gasteiger partial charge >= 0.3 is 0 Å². The van der Waals surface area contributed by atoms with E-state index in [1.807, 2.05) is 0 Å². The van der Waals surface area contributed by atoms with Crippen LogP contribution in [0.3, 0.4) is 0 Å². The predicted octanol–water partition coefficient (Wildman–Crippen LogP) is 3.61. The minimum Gasteiger partial charge on any atom is -0.496 e. The largest absolute Gasteiger partial charge is 0.496 e. The van der Waals surface area contributed by atoms with Crippen molar-refractivity contribution in [3.05, 3.63) is 52.5 Å². The standard InChI is InChI=1S/C18H19BrN2O4S/c1-23-9-10-25-14-6-4-13(5-7-14)20-18(26)21-17(22)15-11-12(19)3-8-16(15)24-2/h3-8,11H,9-10H2,1-2H3,(H2,20,21,22,26). The molecule has 2 aromatic rings. The Morgan fingerprint density at radius 2 is 1.85 bits per heavy atom. The van der Waals surface area contributed by atoms with Crippen LogP contribution in [0.2, 0.25) is 0 Å². The van der Waals surface area contributed by atoms with E-state index in [9.17, 15) is 4.79 Å². The molecule has 0 aliphatic rings. The minimum atomic E-state index is -0.361. The van der Waals surface area contributed by atoms with Crippen LogP contribution in [-0.4, -0.2) is 38.5 Å². The number of rotatable bonds is 7. The van der Waals surface area contributed by atoms with Gasteiger partial charge in [0.15, 0.2) is 5.11 Å². The summed E-state index contributed by atoms with van der Waals surface area (Å²) < 4.78 is 16.4. The molecule has 0 aromatic heterocycles. The Balaban J connectivity index is 1.94. The Labute approximate surface area is 166 Å². The first-order valence-electron chi connectivity index (χ1n) is 7.71. The van der Waals surface area contributed by atoms with E-state index in [0.717, 1.165) is 15.9 Å². The van der Waals surface area contributed by atoms with Gasteiger partial charge in [0.2, 0.25) is 0 Å². The number of carbonyl (C=O) groups is 1. The number of hydrogen-bond donors (Lipinski definition) is 2. The third-order valence-corrected chi connectivity index (χ3v) is 4.00. The van der Waals surface area contributed by atoms with Crippen LogP contribution in [-0.2, 0) is 4.74 Å². The zero-order valence-electron chi connectivity index (χ0n) is 14.4. The minimum absolute atomic E-state index is 0.185. The Hall–Kier alpha value is -2.16. The highest BCUT2D eigenvalue weighted by atomic mass is 79.9. The summed E-state index contributed by atoms with van der Waals surface area (Å²) in [6, 6.07) is 12.4. The lowest BCUT2D eigenvalue weighted by Gasteiger charge is -2.12. The van der Waals surface area contributed by atoms with Gasteiger partial charge in [-0.3, -0.25) is 10.1 Å². The molecule has 0 spiro atoms. The summed E-state index contributed by atoms with van der Waals surface area (Å²) in [6.45, 7) is 1.00. The first-order chi connectivity index (χ1) is 12.5. The summed E-state index contributed by atoms with van der Waals surface area (Å²) in [5.74, 6) is 0.827. The van der Waals surface area contributed by atoms with Gasteiger partial charge in [-0.1, -0.05) is 15.9 Å². The van der Waals surface area contributed by atoms with Crippen LogP contribution in [0.5, 0.6) is 11.5 Å². The molecule has 0 bridgehead atoms. The lowest BCUT2D eigenvalue weighted by atomic mass is 10.2. The summed E-state index contributed by atoms with van der Waals surface area (Å²) in [4.78, 5) is 12.4. The molecular formula is C18H19BrN2O4S. The maximum Gasteiger partial charge on any atom is 0.261 e. The normalized spacial score (nSPS) is 10.1. The Morgan fingerprint density at radius 3 is 2.50 bits per heavy atom. The SMILES string of the molecule is COCCOc1ccc(NC(=S)NC(=O)c2cc(Br)ccc2OC)cc1. The topological polar surface area (TPSA) is 68.8 Å². The van der Waals surface area contributed by atoms with Gasteiger partial charge in [0.1, 0.15) is 18.1 Å². The first-order valence-corrected chi connectivity index (χ1v) is 8.91. The predicted molar refractivity (Wildman–Crippen MR) is 108 cm³/mol. The number of hydrogen-bond acceptors (Lipinski definition) is 5. The van der Waals surface area contributed by atoms with Crippen molar-refractivity contribution in [1.29, 1.82) is 0 Å². The van der Waals surface area contributed by atoms with Gasteiger partial charge in [-0.25, -0.2) is 0 Å². The van der Waals surface area contributed by atoms with Gasteiger partial charge in [-0.15, -0.1) is 0 Å². The van der Waals surface area contributed by atoms with Crippen LogP contribution < -0.4 is 20.1 Å². The summed E-state index contributed by atoms with van der Waals surface area (Å²) in [5.41, 5.74) is 1.11. The van der Waals surface area contributed by atoms with Gasteiger partial charge in [0.25, 0.3) is 5.91 Å².